The van der Waals surface area contributed by atoms with E-state index in [1.165, 1.54) is 4.90 Å². The number of rotatable bonds is 7. The van der Waals surface area contributed by atoms with Gasteiger partial charge in [0, 0.05) is 24.3 Å². The van der Waals surface area contributed by atoms with Crippen molar-refractivity contribution in [2.75, 3.05) is 18.0 Å². The second-order valence-electron chi connectivity index (χ2n) is 13.8. The second kappa shape index (κ2) is 14.7. The molecule has 10 heteroatoms. The van der Waals surface area contributed by atoms with Gasteiger partial charge in [-0.05, 0) is 95.2 Å². The maximum atomic E-state index is 13.5. The Kier molecular flexibility index (Phi) is 11.0. The van der Waals surface area contributed by atoms with E-state index in [0.29, 0.717) is 24.3 Å². The summed E-state index contributed by atoms with van der Waals surface area (Å²) >= 11 is 0. The van der Waals surface area contributed by atoms with E-state index in [2.05, 4.69) is 0 Å². The van der Waals surface area contributed by atoms with E-state index in [0.717, 1.165) is 34.4 Å². The van der Waals surface area contributed by atoms with Gasteiger partial charge in [0.2, 0.25) is 0 Å². The lowest BCUT2D eigenvalue weighted by molar-refractivity contribution is -0.000287. The van der Waals surface area contributed by atoms with Gasteiger partial charge < -0.3 is 19.5 Å². The molecule has 47 heavy (non-hydrogen) atoms. The van der Waals surface area contributed by atoms with Crippen molar-refractivity contribution < 1.29 is 33.8 Å². The number of hydrogen-bond acceptors (Lipinski definition) is 6. The van der Waals surface area contributed by atoms with Crippen molar-refractivity contribution in [1.29, 1.82) is 0 Å². The fourth-order valence-electron chi connectivity index (χ4n) is 5.41. The fourth-order valence-corrected chi connectivity index (χ4v) is 5.41. The Morgan fingerprint density at radius 1 is 0.745 bits per heavy atom. The van der Waals surface area contributed by atoms with Gasteiger partial charge in [0.15, 0.2) is 0 Å². The highest BCUT2D eigenvalue weighted by atomic mass is 16.6. The molecule has 4 rings (SSSR count). The Balaban J connectivity index is 1.43. The largest absolute Gasteiger partial charge is 0.465 e. The van der Waals surface area contributed by atoms with E-state index >= 15 is 0 Å². The van der Waals surface area contributed by atoms with Crippen molar-refractivity contribution in [2.45, 2.75) is 84.6 Å². The standard InChI is InChI=1S/C37H45N3O7/c1-36(2,3)46-34(44)40(35(45)47-37(4,5)6)25-27-14-10-15-29(22-27)28-18-20-38(21-19-28)32(41)30-16-11-17-31(23-30)39(33(42)43)24-26-12-8-7-9-13-26/h7-17,22-23,28H,18-21,24-25H2,1-6H3,(H,42,43). The van der Waals surface area contributed by atoms with Crippen molar-refractivity contribution in [3.05, 3.63) is 101 Å². The Morgan fingerprint density at radius 2 is 1.32 bits per heavy atom. The number of likely N-dealkylation sites (tertiary alicyclic amines) is 1. The Bertz CT molecular complexity index is 1540. The number of amides is 4. The first kappa shape index (κ1) is 35.0. The molecule has 0 aliphatic carbocycles. The van der Waals surface area contributed by atoms with Crippen LogP contribution < -0.4 is 4.90 Å². The molecule has 0 radical (unpaired) electrons. The highest BCUT2D eigenvalue weighted by Crippen LogP contribution is 2.30. The maximum absolute atomic E-state index is 13.5. The molecular formula is C37H45N3O7. The average molecular weight is 644 g/mol. The molecular weight excluding hydrogens is 598 g/mol. The molecule has 0 saturated carbocycles. The van der Waals surface area contributed by atoms with Crippen LogP contribution in [0.5, 0.6) is 0 Å². The third-order valence-electron chi connectivity index (χ3n) is 7.59. The van der Waals surface area contributed by atoms with Crippen molar-refractivity contribution in [3.8, 4) is 0 Å². The van der Waals surface area contributed by atoms with E-state index in [-0.39, 0.29) is 24.9 Å². The summed E-state index contributed by atoms with van der Waals surface area (Å²) in [5.74, 6) is 0.0321. The Hall–Kier alpha value is -4.86. The molecule has 0 unspecified atom stereocenters. The van der Waals surface area contributed by atoms with Crippen LogP contribution in [0.2, 0.25) is 0 Å². The van der Waals surface area contributed by atoms with Crippen LogP contribution >= 0.6 is 0 Å². The summed E-state index contributed by atoms with van der Waals surface area (Å²) in [6, 6.07) is 23.8. The summed E-state index contributed by atoms with van der Waals surface area (Å²) in [5, 5.41) is 9.90. The van der Waals surface area contributed by atoms with Crippen LogP contribution in [-0.2, 0) is 22.6 Å². The van der Waals surface area contributed by atoms with E-state index < -0.39 is 29.5 Å². The topological polar surface area (TPSA) is 117 Å². The van der Waals surface area contributed by atoms with E-state index in [9.17, 15) is 24.3 Å². The van der Waals surface area contributed by atoms with Gasteiger partial charge in [-0.15, -0.1) is 0 Å². The van der Waals surface area contributed by atoms with Crippen LogP contribution in [0, 0.1) is 0 Å². The van der Waals surface area contributed by atoms with Crippen molar-refractivity contribution in [2.24, 2.45) is 0 Å². The molecule has 0 bridgehead atoms. The molecule has 250 valence electrons. The first-order valence-corrected chi connectivity index (χ1v) is 15.9. The summed E-state index contributed by atoms with van der Waals surface area (Å²) in [6.07, 6.45) is -1.20. The van der Waals surface area contributed by atoms with Gasteiger partial charge in [-0.3, -0.25) is 9.69 Å². The van der Waals surface area contributed by atoms with Gasteiger partial charge >= 0.3 is 18.3 Å². The Morgan fingerprint density at radius 3 is 1.89 bits per heavy atom. The zero-order valence-electron chi connectivity index (χ0n) is 28.1. The van der Waals surface area contributed by atoms with Crippen molar-refractivity contribution in [3.63, 3.8) is 0 Å². The summed E-state index contributed by atoms with van der Waals surface area (Å²) in [7, 11) is 0. The minimum atomic E-state index is -1.10. The summed E-state index contributed by atoms with van der Waals surface area (Å²) in [6.45, 7) is 11.7. The molecule has 1 saturated heterocycles. The lowest BCUT2D eigenvalue weighted by atomic mass is 9.88. The molecule has 0 atom stereocenters. The molecule has 1 N–H and O–H groups in total. The Labute approximate surface area is 276 Å². The normalized spacial score (nSPS) is 13.9. The predicted molar refractivity (Wildman–Crippen MR) is 179 cm³/mol. The first-order chi connectivity index (χ1) is 22.1. The fraction of sp³-hybridized carbons (Fsp3) is 0.405. The molecule has 3 aromatic rings. The van der Waals surface area contributed by atoms with Crippen LogP contribution in [0.15, 0.2) is 78.9 Å². The monoisotopic (exact) mass is 643 g/mol. The number of piperidine rings is 1. The SMILES string of the molecule is CC(C)(C)OC(=O)N(Cc1cccc(C2CCN(C(=O)c3cccc(N(Cc4ccccc4)C(=O)O)c3)CC2)c1)C(=O)OC(C)(C)C. The third-order valence-corrected chi connectivity index (χ3v) is 7.59. The van der Waals surface area contributed by atoms with Crippen LogP contribution in [0.4, 0.5) is 20.1 Å². The van der Waals surface area contributed by atoms with E-state index in [1.54, 1.807) is 70.7 Å². The van der Waals surface area contributed by atoms with E-state index in [1.807, 2.05) is 54.6 Å². The zero-order valence-corrected chi connectivity index (χ0v) is 28.1. The number of carbonyl (C=O) groups excluding carboxylic acids is 3. The molecule has 4 amide bonds. The highest BCUT2D eigenvalue weighted by Gasteiger charge is 2.32. The smallest absolute Gasteiger partial charge is 0.420 e. The summed E-state index contributed by atoms with van der Waals surface area (Å²) < 4.78 is 11.0. The molecule has 0 aromatic heterocycles. The van der Waals surface area contributed by atoms with Crippen LogP contribution in [0.3, 0.4) is 0 Å². The van der Waals surface area contributed by atoms with Crippen LogP contribution in [0.1, 0.15) is 87.4 Å². The van der Waals surface area contributed by atoms with Gasteiger partial charge in [-0.25, -0.2) is 19.3 Å². The minimum absolute atomic E-state index is 0.0109. The van der Waals surface area contributed by atoms with Crippen molar-refractivity contribution in [1.82, 2.24) is 9.80 Å². The lowest BCUT2D eigenvalue weighted by Gasteiger charge is -2.33. The molecule has 0 spiro atoms. The first-order valence-electron chi connectivity index (χ1n) is 15.9. The molecule has 1 fully saturated rings. The zero-order chi connectivity index (χ0) is 34.4. The van der Waals surface area contributed by atoms with Gasteiger partial charge in [0.25, 0.3) is 5.91 Å². The number of anilines is 1. The van der Waals surface area contributed by atoms with Gasteiger partial charge in [0.1, 0.15) is 11.2 Å². The molecule has 10 nitrogen and oxygen atoms in total. The third kappa shape index (κ3) is 10.1. The van der Waals surface area contributed by atoms with Crippen LogP contribution in [0.25, 0.3) is 0 Å². The van der Waals surface area contributed by atoms with Gasteiger partial charge in [-0.1, -0.05) is 60.7 Å². The second-order valence-corrected chi connectivity index (χ2v) is 13.8. The molecule has 1 heterocycles. The van der Waals surface area contributed by atoms with E-state index in [4.69, 9.17) is 9.47 Å². The quantitative estimate of drug-likeness (QED) is 0.277. The van der Waals surface area contributed by atoms with Gasteiger partial charge in [0.05, 0.1) is 13.1 Å². The molecule has 1 aliphatic heterocycles. The molecule has 1 aliphatic rings. The summed E-state index contributed by atoms with van der Waals surface area (Å²) in [5.41, 5.74) is 1.96. The number of ether oxygens (including phenoxy) is 2. The number of hydrogen-bond donors (Lipinski definition) is 1. The predicted octanol–water partition coefficient (Wildman–Crippen LogP) is 8.06. The minimum Gasteiger partial charge on any atom is -0.465 e. The number of carboxylic acid groups (broad SMARTS) is 1. The number of imide groups is 1. The van der Waals surface area contributed by atoms with Crippen molar-refractivity contribution >= 4 is 29.9 Å². The number of nitrogens with zero attached hydrogens (tertiary/aromatic N) is 3. The van der Waals surface area contributed by atoms with Gasteiger partial charge in [-0.2, -0.15) is 0 Å². The lowest BCUT2D eigenvalue weighted by Crippen LogP contribution is -2.43. The number of carbonyl (C=O) groups is 4. The summed E-state index contributed by atoms with van der Waals surface area (Å²) in [4.78, 5) is 55.6. The number of benzene rings is 3. The van der Waals surface area contributed by atoms with Crippen LogP contribution in [-0.4, -0.2) is 63.4 Å². The molecule has 3 aromatic carbocycles. The highest BCUT2D eigenvalue weighted by molar-refractivity contribution is 5.96. The average Bonchev–Trinajstić information content (AvgIpc) is 3.01. The maximum Gasteiger partial charge on any atom is 0.420 e.